The maximum absolute atomic E-state index is 13.7. The highest BCUT2D eigenvalue weighted by atomic mass is 32.2. The van der Waals surface area contributed by atoms with Gasteiger partial charge in [-0.05, 0) is 36.8 Å². The van der Waals surface area contributed by atoms with Crippen LogP contribution < -0.4 is 10.1 Å². The lowest BCUT2D eigenvalue weighted by atomic mass is 10.2. The van der Waals surface area contributed by atoms with Crippen molar-refractivity contribution in [3.05, 3.63) is 81.6 Å². The number of benzene rings is 2. The molecule has 1 amide bonds. The van der Waals surface area contributed by atoms with Gasteiger partial charge in [0.25, 0.3) is 17.0 Å². The predicted molar refractivity (Wildman–Crippen MR) is 117 cm³/mol. The third-order valence-electron chi connectivity index (χ3n) is 4.26. The molecule has 0 radical (unpaired) electrons. The van der Waals surface area contributed by atoms with E-state index >= 15 is 0 Å². The number of para-hydroxylation sites is 1. The molecule has 0 saturated carbocycles. The summed E-state index contributed by atoms with van der Waals surface area (Å²) in [5.74, 6) is -0.515. The second-order valence-corrected chi connectivity index (χ2v) is 8.68. The van der Waals surface area contributed by atoms with E-state index in [-0.39, 0.29) is 40.1 Å². The number of nitrogens with zero attached hydrogens (tertiary/aromatic N) is 4. The lowest BCUT2D eigenvalue weighted by Crippen LogP contribution is -2.22. The van der Waals surface area contributed by atoms with Crippen molar-refractivity contribution in [2.24, 2.45) is 0 Å². The molecule has 2 heterocycles. The first-order valence-corrected chi connectivity index (χ1v) is 11.5. The van der Waals surface area contributed by atoms with E-state index in [1.165, 1.54) is 36.0 Å². The van der Waals surface area contributed by atoms with Crippen molar-refractivity contribution in [1.29, 1.82) is 0 Å². The highest BCUT2D eigenvalue weighted by Crippen LogP contribution is 2.27. The fourth-order valence-corrected chi connectivity index (χ4v) is 4.12. The van der Waals surface area contributed by atoms with Gasteiger partial charge >= 0.3 is 0 Å². The number of hydrogen-bond acceptors (Lipinski definition) is 9. The molecule has 1 N–H and O–H groups in total. The van der Waals surface area contributed by atoms with Gasteiger partial charge in [0, 0.05) is 6.54 Å². The molecular formula is C21H17F2N5O3S2. The molecule has 0 unspecified atom stereocenters. The van der Waals surface area contributed by atoms with Crippen LogP contribution in [0.2, 0.25) is 0 Å². The average Bonchev–Trinajstić information content (AvgIpc) is 3.48. The van der Waals surface area contributed by atoms with E-state index < -0.39 is 11.9 Å². The molecule has 0 saturated heterocycles. The Labute approximate surface area is 195 Å². The Morgan fingerprint density at radius 1 is 1.12 bits per heavy atom. The molecule has 8 nitrogen and oxygen atoms in total. The van der Waals surface area contributed by atoms with Crippen LogP contribution >= 0.6 is 23.1 Å². The SMILES string of the molecule is C[C@H](Oc1ccccc1F)c1nnc(SCc2nnc(C(=O)NCc3ccc(F)cc3)s2)o1. The smallest absolute Gasteiger partial charge is 0.282 e. The minimum absolute atomic E-state index is 0.0940. The van der Waals surface area contributed by atoms with Crippen LogP contribution in [0.25, 0.3) is 0 Å². The van der Waals surface area contributed by atoms with Crippen LogP contribution in [0.15, 0.2) is 58.2 Å². The number of ether oxygens (including phenoxy) is 1. The summed E-state index contributed by atoms with van der Waals surface area (Å²) >= 11 is 2.37. The predicted octanol–water partition coefficient (Wildman–Crippen LogP) is 4.56. The maximum atomic E-state index is 13.7. The molecule has 2 aromatic heterocycles. The highest BCUT2D eigenvalue weighted by molar-refractivity contribution is 7.98. The zero-order valence-electron chi connectivity index (χ0n) is 17.2. The first kappa shape index (κ1) is 22.8. The van der Waals surface area contributed by atoms with Gasteiger partial charge in [0.2, 0.25) is 5.01 Å². The summed E-state index contributed by atoms with van der Waals surface area (Å²) < 4.78 is 37.8. The van der Waals surface area contributed by atoms with Crippen molar-refractivity contribution in [3.8, 4) is 5.75 Å². The van der Waals surface area contributed by atoms with Gasteiger partial charge in [-0.3, -0.25) is 4.79 Å². The third kappa shape index (κ3) is 6.11. The Kier molecular flexibility index (Phi) is 7.25. The van der Waals surface area contributed by atoms with Crippen LogP contribution in [0.1, 0.15) is 39.3 Å². The van der Waals surface area contributed by atoms with E-state index in [0.717, 1.165) is 16.9 Å². The molecular weight excluding hydrogens is 472 g/mol. The molecule has 12 heteroatoms. The van der Waals surface area contributed by atoms with Crippen molar-refractivity contribution < 1.29 is 22.7 Å². The molecule has 4 rings (SSSR count). The normalized spacial score (nSPS) is 11.8. The van der Waals surface area contributed by atoms with Crippen LogP contribution in [0.5, 0.6) is 5.75 Å². The van der Waals surface area contributed by atoms with Crippen LogP contribution in [-0.4, -0.2) is 26.3 Å². The topological polar surface area (TPSA) is 103 Å². The highest BCUT2D eigenvalue weighted by Gasteiger charge is 2.18. The van der Waals surface area contributed by atoms with Crippen molar-refractivity contribution in [2.45, 2.75) is 30.5 Å². The molecule has 33 heavy (non-hydrogen) atoms. The number of thioether (sulfide) groups is 1. The zero-order valence-corrected chi connectivity index (χ0v) is 18.8. The number of halogens is 2. The van der Waals surface area contributed by atoms with Crippen molar-refractivity contribution >= 4 is 29.0 Å². The second kappa shape index (κ2) is 10.5. The Hall–Kier alpha value is -3.38. The summed E-state index contributed by atoms with van der Waals surface area (Å²) in [6.07, 6.45) is -0.637. The molecule has 0 bridgehead atoms. The summed E-state index contributed by atoms with van der Waals surface area (Å²) in [4.78, 5) is 12.3. The summed E-state index contributed by atoms with van der Waals surface area (Å²) in [5, 5.41) is 19.6. The molecule has 170 valence electrons. The average molecular weight is 490 g/mol. The number of hydrogen-bond donors (Lipinski definition) is 1. The number of nitrogens with one attached hydrogen (secondary N) is 1. The van der Waals surface area contributed by atoms with Gasteiger partial charge in [0.1, 0.15) is 10.8 Å². The fraction of sp³-hybridized carbons (Fsp3) is 0.190. The van der Waals surface area contributed by atoms with Crippen LogP contribution in [0.3, 0.4) is 0 Å². The minimum Gasteiger partial charge on any atom is -0.478 e. The van der Waals surface area contributed by atoms with Crippen molar-refractivity contribution in [1.82, 2.24) is 25.7 Å². The number of amides is 1. The molecule has 2 aromatic carbocycles. The van der Waals surface area contributed by atoms with E-state index in [0.29, 0.717) is 10.8 Å². The van der Waals surface area contributed by atoms with Crippen LogP contribution in [-0.2, 0) is 12.3 Å². The number of aromatic nitrogens is 4. The summed E-state index contributed by atoms with van der Waals surface area (Å²) in [6, 6.07) is 11.9. The van der Waals surface area contributed by atoms with Gasteiger partial charge in [-0.2, -0.15) is 0 Å². The summed E-state index contributed by atoms with van der Waals surface area (Å²) in [5.41, 5.74) is 0.769. The lowest BCUT2D eigenvalue weighted by molar-refractivity contribution is 0.0950. The maximum Gasteiger partial charge on any atom is 0.282 e. The molecule has 0 spiro atoms. The van der Waals surface area contributed by atoms with E-state index in [1.54, 1.807) is 31.2 Å². The third-order valence-corrected chi connectivity index (χ3v) is 6.19. The molecule has 1 atom stereocenters. The Balaban J connectivity index is 1.28. The molecule has 4 aromatic rings. The van der Waals surface area contributed by atoms with Crippen LogP contribution in [0.4, 0.5) is 8.78 Å². The zero-order chi connectivity index (χ0) is 23.2. The largest absolute Gasteiger partial charge is 0.478 e. The number of carbonyl (C=O) groups excluding carboxylic acids is 1. The van der Waals surface area contributed by atoms with Crippen molar-refractivity contribution in [2.75, 3.05) is 0 Å². The van der Waals surface area contributed by atoms with Gasteiger partial charge in [0.15, 0.2) is 17.7 Å². The monoisotopic (exact) mass is 489 g/mol. The van der Waals surface area contributed by atoms with E-state index in [1.807, 2.05) is 0 Å². The molecule has 0 aliphatic carbocycles. The quantitative estimate of drug-likeness (QED) is 0.341. The number of carbonyl (C=O) groups is 1. The first-order valence-electron chi connectivity index (χ1n) is 9.70. The Morgan fingerprint density at radius 2 is 1.91 bits per heavy atom. The van der Waals surface area contributed by atoms with Gasteiger partial charge in [0.05, 0.1) is 5.75 Å². The Morgan fingerprint density at radius 3 is 2.70 bits per heavy atom. The summed E-state index contributed by atoms with van der Waals surface area (Å²) in [6.45, 7) is 1.93. The van der Waals surface area contributed by atoms with Gasteiger partial charge in [-0.15, -0.1) is 20.4 Å². The second-order valence-electron chi connectivity index (χ2n) is 6.70. The van der Waals surface area contributed by atoms with E-state index in [9.17, 15) is 13.6 Å². The standard InChI is InChI=1S/C21H17F2N5O3S2/c1-12(30-16-5-3-2-4-15(16)23)19-26-28-21(31-19)32-11-17-25-27-20(33-17)18(29)24-10-13-6-8-14(22)9-7-13/h2-9,12H,10-11H2,1H3,(H,24,29)/t12-/m0/s1. The molecule has 0 fully saturated rings. The minimum atomic E-state index is -0.637. The summed E-state index contributed by atoms with van der Waals surface area (Å²) in [7, 11) is 0. The van der Waals surface area contributed by atoms with Gasteiger partial charge < -0.3 is 14.5 Å². The first-order chi connectivity index (χ1) is 16.0. The Bertz CT molecular complexity index is 1230. The lowest BCUT2D eigenvalue weighted by Gasteiger charge is -2.11. The van der Waals surface area contributed by atoms with Crippen molar-refractivity contribution in [3.63, 3.8) is 0 Å². The fourth-order valence-electron chi connectivity index (χ4n) is 2.61. The van der Waals surface area contributed by atoms with E-state index in [4.69, 9.17) is 9.15 Å². The molecule has 0 aliphatic rings. The van der Waals surface area contributed by atoms with E-state index in [2.05, 4.69) is 25.7 Å². The van der Waals surface area contributed by atoms with Gasteiger partial charge in [-0.25, -0.2) is 8.78 Å². The molecule has 0 aliphatic heterocycles. The van der Waals surface area contributed by atoms with Crippen LogP contribution in [0, 0.1) is 11.6 Å². The number of rotatable bonds is 9. The van der Waals surface area contributed by atoms with Gasteiger partial charge in [-0.1, -0.05) is 47.4 Å².